The first-order valence-corrected chi connectivity index (χ1v) is 31.5. The number of aromatic nitrogens is 4. The summed E-state index contributed by atoms with van der Waals surface area (Å²) in [5.74, 6) is 2.04. The number of nitrogen functional groups attached to an aromatic ring is 1. The third-order valence-corrected chi connectivity index (χ3v) is 21.2. The van der Waals surface area contributed by atoms with Gasteiger partial charge < -0.3 is 69.5 Å². The number of rotatable bonds is 25. The van der Waals surface area contributed by atoms with E-state index in [1.165, 1.54) is 51.5 Å². The number of ketones is 1. The molecule has 1 saturated heterocycles. The average molecular weight is 1160 g/mol. The van der Waals surface area contributed by atoms with E-state index < -0.39 is 84.5 Å². The van der Waals surface area contributed by atoms with E-state index in [-0.39, 0.29) is 52.9 Å². The van der Waals surface area contributed by atoms with Gasteiger partial charge in [0.05, 0.1) is 33.5 Å². The first-order valence-electron chi connectivity index (χ1n) is 26.1. The fourth-order valence-electron chi connectivity index (χ4n) is 12.9. The van der Waals surface area contributed by atoms with Crippen LogP contribution >= 0.6 is 35.2 Å². The predicted octanol–water partition coefficient (Wildman–Crippen LogP) is 3.28. The number of aliphatic hydroxyl groups excluding tert-OH is 2. The quantitative estimate of drug-likeness (QED) is 0.0412. The van der Waals surface area contributed by atoms with E-state index in [9.17, 15) is 63.3 Å². The van der Waals surface area contributed by atoms with Crippen molar-refractivity contribution in [2.24, 2.45) is 61.7 Å². The second-order valence-electron chi connectivity index (χ2n) is 22.6. The molecule has 0 aromatic carbocycles. The summed E-state index contributed by atoms with van der Waals surface area (Å²) in [6.07, 6.45) is 6.20. The van der Waals surface area contributed by atoms with Crippen molar-refractivity contribution in [3.63, 3.8) is 0 Å². The maximum Gasteiger partial charge on any atom is 0.481 e. The molecule has 1 aliphatic heterocycles. The van der Waals surface area contributed by atoms with E-state index in [2.05, 4.69) is 54.5 Å². The lowest BCUT2D eigenvalue weighted by molar-refractivity contribution is -0.347. The normalized spacial score (nSPS) is 31.9. The summed E-state index contributed by atoms with van der Waals surface area (Å²) in [6, 6.07) is 0. The maximum absolute atomic E-state index is 13.0. The van der Waals surface area contributed by atoms with E-state index >= 15 is 0 Å². The van der Waals surface area contributed by atoms with Crippen molar-refractivity contribution in [1.29, 1.82) is 0 Å². The monoisotopic (exact) mass is 1160 g/mol. The molecule has 15 atom stereocenters. The molecule has 4 aliphatic carbocycles. The summed E-state index contributed by atoms with van der Waals surface area (Å²) in [7, 11) is -17.0. The Balaban J connectivity index is 0.788. The van der Waals surface area contributed by atoms with E-state index in [0.29, 0.717) is 41.1 Å². The van der Waals surface area contributed by atoms with E-state index in [1.54, 1.807) is 0 Å². The zero-order valence-corrected chi connectivity index (χ0v) is 47.6. The SMILES string of the molecule is CC(CCC[C@@H](C)[C@H]1CC[C@H]2[C@@H]3CCC4=CC(=O)CC[C@]4(C)[C@H]3CC[C@]12C)C(=O)SCCN=C([O-])CCN=C([O-])[C@H](O)C(C)(C)COP(=O)(O)OP(=O)(O)OC[C@H]1O[C@@H](n2cnc3c(N)ncnc32)[C@H](O)[C@@H]1OP(=O)([O-])[O-]. The van der Waals surface area contributed by atoms with Gasteiger partial charge in [0, 0.05) is 36.6 Å². The van der Waals surface area contributed by atoms with Crippen molar-refractivity contribution in [2.45, 2.75) is 149 Å². The van der Waals surface area contributed by atoms with Gasteiger partial charge in [0.2, 0.25) is 0 Å². The molecular formula is C48H72N7O18P3S-4. The number of aliphatic imine (C=N–C) groups is 2. The summed E-state index contributed by atoms with van der Waals surface area (Å²) >= 11 is 1.13. The zero-order chi connectivity index (χ0) is 56.5. The average Bonchev–Trinajstić information content (AvgIpc) is 4.21. The van der Waals surface area contributed by atoms with Crippen LogP contribution < -0.4 is 25.7 Å². The maximum atomic E-state index is 13.0. The fourth-order valence-corrected chi connectivity index (χ4v) is 16.5. The van der Waals surface area contributed by atoms with Crippen LogP contribution in [0, 0.1) is 51.8 Å². The molecule has 3 saturated carbocycles. The minimum atomic E-state index is -5.84. The Morgan fingerprint density at radius 2 is 1.73 bits per heavy atom. The number of nitrogens with two attached hydrogens (primary N) is 1. The molecule has 2 aromatic rings. The van der Waals surface area contributed by atoms with Crippen molar-refractivity contribution >= 4 is 74.9 Å². The van der Waals surface area contributed by atoms with Crippen LogP contribution in [0.15, 0.2) is 34.3 Å². The van der Waals surface area contributed by atoms with Gasteiger partial charge in [-0.2, -0.15) is 4.31 Å². The van der Waals surface area contributed by atoms with Gasteiger partial charge in [-0.05, 0) is 116 Å². The summed E-state index contributed by atoms with van der Waals surface area (Å²) in [5.41, 5.74) is 6.06. The van der Waals surface area contributed by atoms with Crippen molar-refractivity contribution in [2.75, 3.05) is 37.8 Å². The molecule has 432 valence electrons. The van der Waals surface area contributed by atoms with E-state index in [1.807, 2.05) is 13.0 Å². The molecule has 0 bridgehead atoms. The molecule has 29 heteroatoms. The molecule has 0 radical (unpaired) electrons. The molecule has 4 fully saturated rings. The van der Waals surface area contributed by atoms with Crippen molar-refractivity contribution < 1.29 is 85.9 Å². The molecular weight excluding hydrogens is 1090 g/mol. The molecule has 5 aliphatic rings. The second kappa shape index (κ2) is 24.6. The smallest absolute Gasteiger partial charge is 0.481 e. The number of anilines is 1. The number of fused-ring (bicyclic) bond motifs is 6. The number of thioether (sulfide) groups is 1. The highest BCUT2D eigenvalue weighted by molar-refractivity contribution is 8.13. The Kier molecular flexibility index (Phi) is 19.7. The number of ether oxygens (including phenoxy) is 1. The number of hydrogen-bond acceptors (Lipinski definition) is 23. The minimum absolute atomic E-state index is 0.00327. The summed E-state index contributed by atoms with van der Waals surface area (Å²) in [5, 5.41) is 46.9. The number of allylic oxidation sites excluding steroid dienone is 1. The Labute approximate surface area is 451 Å². The van der Waals surface area contributed by atoms with Gasteiger partial charge in [0.25, 0.3) is 0 Å². The number of phosphoric acid groups is 3. The lowest BCUT2D eigenvalue weighted by Crippen LogP contribution is -2.50. The number of phosphoric ester groups is 3. The summed E-state index contributed by atoms with van der Waals surface area (Å²) in [6.45, 7) is 9.36. The highest BCUT2D eigenvalue weighted by Crippen LogP contribution is 2.68. The second-order valence-corrected chi connectivity index (χ2v) is 27.8. The topological polar surface area (TPSA) is 399 Å². The molecule has 6 N–H and O–H groups in total. The third-order valence-electron chi connectivity index (χ3n) is 17.0. The molecule has 3 unspecified atom stereocenters. The largest absolute Gasteiger partial charge is 0.862 e. The highest BCUT2D eigenvalue weighted by Gasteiger charge is 2.59. The Hall–Kier alpha value is -3.03. The van der Waals surface area contributed by atoms with Gasteiger partial charge in [0.15, 0.2) is 28.6 Å². The number of carbonyl (C=O) groups is 2. The van der Waals surface area contributed by atoms with Crippen molar-refractivity contribution in [1.82, 2.24) is 19.5 Å². The van der Waals surface area contributed by atoms with E-state index in [4.69, 9.17) is 19.5 Å². The predicted molar refractivity (Wildman–Crippen MR) is 274 cm³/mol. The fraction of sp³-hybridized carbons (Fsp3) is 0.771. The number of imidazole rings is 1. The highest BCUT2D eigenvalue weighted by atomic mass is 32.2. The number of carbonyl (C=O) groups excluding carboxylic acids is 2. The third kappa shape index (κ3) is 14.5. The molecule has 7 rings (SSSR count). The lowest BCUT2D eigenvalue weighted by atomic mass is 9.46. The number of aliphatic hydroxyl groups is 2. The molecule has 77 heavy (non-hydrogen) atoms. The van der Waals surface area contributed by atoms with Gasteiger partial charge >= 0.3 is 15.6 Å². The van der Waals surface area contributed by atoms with Crippen molar-refractivity contribution in [3.05, 3.63) is 24.3 Å². The van der Waals surface area contributed by atoms with Crippen LogP contribution in [-0.2, 0) is 45.9 Å². The van der Waals surface area contributed by atoms with Gasteiger partial charge in [-0.25, -0.2) is 24.1 Å². The Morgan fingerprint density at radius 1 is 1.00 bits per heavy atom. The minimum Gasteiger partial charge on any atom is -0.862 e. The van der Waals surface area contributed by atoms with Crippen LogP contribution in [0.25, 0.3) is 11.2 Å². The Morgan fingerprint density at radius 3 is 2.45 bits per heavy atom. The standard InChI is InChI=1S/C48H76N7O18P3S/c1-27(32-12-13-33-31-11-10-29-22-30(56)14-17-47(29,5)34(31)15-18-48(32,33)6)8-7-9-28(2)45(61)77-21-20-50-36(57)16-19-51-43(60)40(59)46(3,4)24-70-76(67,68)73-75(65,66)69-23-35-39(72-74(62,63)64)38(58)44(71-35)55-26-54-37-41(49)52-25-53-42(37)55/h22,25-28,31-35,38-40,44,58-59H,7-21,23-24H2,1-6H3,(H,50,57)(H,51,60)(H,65,66)(H,67,68)(H2,49,52,53)(H2,62,63,64)/p-4/t27-,28?,31+,32-,33+,34+,35-,38-,39-,40+,44-,47+,48-/m1/s1. The molecule has 2 aromatic heterocycles. The molecule has 0 amide bonds. The number of hydrogen-bond donors (Lipinski definition) is 5. The Bertz CT molecular complexity index is 2710. The van der Waals surface area contributed by atoms with Crippen LogP contribution in [-0.4, -0.2) is 119 Å². The van der Waals surface area contributed by atoms with Crippen LogP contribution in [0.1, 0.15) is 125 Å². The summed E-state index contributed by atoms with van der Waals surface area (Å²) < 4.78 is 62.1. The van der Waals surface area contributed by atoms with Gasteiger partial charge in [-0.15, -0.1) is 0 Å². The van der Waals surface area contributed by atoms with E-state index in [0.717, 1.165) is 72.9 Å². The number of nitrogens with zero attached hydrogens (tertiary/aromatic N) is 6. The lowest BCUT2D eigenvalue weighted by Gasteiger charge is -2.58. The molecule has 25 nitrogen and oxygen atoms in total. The first-order chi connectivity index (χ1) is 35.9. The first kappa shape index (κ1) is 61.6. The summed E-state index contributed by atoms with van der Waals surface area (Å²) in [4.78, 5) is 88.3. The van der Waals surface area contributed by atoms with Crippen molar-refractivity contribution in [3.8, 4) is 0 Å². The van der Waals surface area contributed by atoms with Gasteiger partial charge in [-0.3, -0.25) is 23.2 Å². The molecule has 3 heterocycles. The van der Waals surface area contributed by atoms with Gasteiger partial charge in [-0.1, -0.05) is 71.7 Å². The van der Waals surface area contributed by atoms with Gasteiger partial charge in [0.1, 0.15) is 30.2 Å². The van der Waals surface area contributed by atoms with Crippen LogP contribution in [0.4, 0.5) is 5.82 Å². The van der Waals surface area contributed by atoms with Crippen LogP contribution in [0.3, 0.4) is 0 Å². The van der Waals surface area contributed by atoms with Crippen LogP contribution in [0.5, 0.6) is 0 Å². The zero-order valence-electron chi connectivity index (χ0n) is 44.1. The van der Waals surface area contributed by atoms with Crippen LogP contribution in [0.2, 0.25) is 0 Å². The molecule has 0 spiro atoms.